The molecule has 3 fully saturated rings. The summed E-state index contributed by atoms with van der Waals surface area (Å²) in [6.07, 6.45) is -2.87. The van der Waals surface area contributed by atoms with E-state index in [1.807, 2.05) is 42.5 Å². The maximum absolute atomic E-state index is 12.3. The molecule has 5 unspecified atom stereocenters. The second kappa shape index (κ2) is 16.6. The van der Waals surface area contributed by atoms with E-state index in [-0.39, 0.29) is 36.2 Å². The Morgan fingerprint density at radius 3 is 2.00 bits per heavy atom. The first-order valence-electron chi connectivity index (χ1n) is 18.2. The van der Waals surface area contributed by atoms with E-state index in [0.29, 0.717) is 0 Å². The number of ether oxygens (including phenoxy) is 6. The van der Waals surface area contributed by atoms with Crippen LogP contribution in [0.3, 0.4) is 0 Å². The molecular formula is C40H51N3O8Si. The minimum absolute atomic E-state index is 0.0863. The lowest BCUT2D eigenvalue weighted by Crippen LogP contribution is -2.70. The van der Waals surface area contributed by atoms with Gasteiger partial charge >= 0.3 is 5.97 Å². The van der Waals surface area contributed by atoms with Gasteiger partial charge in [0.1, 0.15) is 31.0 Å². The van der Waals surface area contributed by atoms with Crippen LogP contribution in [0, 0.1) is 11.8 Å². The number of fused-ring (bicyclic) bond motifs is 1. The van der Waals surface area contributed by atoms with Crippen molar-refractivity contribution < 1.29 is 37.6 Å². The van der Waals surface area contributed by atoms with Crippen molar-refractivity contribution in [2.75, 3.05) is 20.3 Å². The normalized spacial score (nSPS) is 30.8. The number of hydrogen-bond acceptors (Lipinski definition) is 9. The van der Waals surface area contributed by atoms with Crippen LogP contribution in [0.5, 0.6) is 0 Å². The third-order valence-corrected chi connectivity index (χ3v) is 15.8. The quantitative estimate of drug-likeness (QED) is 0.0723. The van der Waals surface area contributed by atoms with Crippen molar-refractivity contribution in [1.29, 1.82) is 0 Å². The van der Waals surface area contributed by atoms with Gasteiger partial charge in [0.2, 0.25) is 0 Å². The maximum atomic E-state index is 12.3. The summed E-state index contributed by atoms with van der Waals surface area (Å²) >= 11 is 0. The number of carbonyl (C=O) groups is 1. The Labute approximate surface area is 307 Å². The average Bonchev–Trinajstić information content (AvgIpc) is 3.16. The largest absolute Gasteiger partial charge is 0.467 e. The van der Waals surface area contributed by atoms with Crippen molar-refractivity contribution in [3.05, 3.63) is 107 Å². The van der Waals surface area contributed by atoms with Crippen LogP contribution in [-0.4, -0.2) is 77.5 Å². The summed E-state index contributed by atoms with van der Waals surface area (Å²) < 4.78 is 45.1. The molecule has 1 aliphatic carbocycles. The molecule has 0 radical (unpaired) electrons. The van der Waals surface area contributed by atoms with Crippen LogP contribution in [0.15, 0.2) is 96.1 Å². The summed E-state index contributed by atoms with van der Waals surface area (Å²) in [5.74, 6) is -0.333. The SMILES string of the molecule is COC(=O)CO[C@@H]1C(N=[N+]=[N-])C(OC2[C@@H](C)CC[C@H](C)[C@H]2O[Si](c2ccccc2)(c2ccccc2)C(C)(C)C)OC2COC(c3ccccc3)O[C@H]21. The number of nitrogens with zero attached hydrogens (tertiary/aromatic N) is 3. The Kier molecular flexibility index (Phi) is 12.2. The second-order valence-electron chi connectivity index (χ2n) is 15.1. The van der Waals surface area contributed by atoms with E-state index in [1.54, 1.807) is 0 Å². The van der Waals surface area contributed by atoms with Crippen LogP contribution in [0.1, 0.15) is 59.3 Å². The molecule has 0 spiro atoms. The summed E-state index contributed by atoms with van der Waals surface area (Å²) in [6, 6.07) is 29.7. The first-order valence-corrected chi connectivity index (χ1v) is 20.1. The Morgan fingerprint density at radius 2 is 1.44 bits per heavy atom. The molecule has 2 aliphatic heterocycles. The van der Waals surface area contributed by atoms with Crippen molar-refractivity contribution in [3.63, 3.8) is 0 Å². The van der Waals surface area contributed by atoms with E-state index < -0.39 is 57.3 Å². The van der Waals surface area contributed by atoms with Crippen LogP contribution < -0.4 is 10.4 Å². The lowest BCUT2D eigenvalue weighted by molar-refractivity contribution is -0.355. The highest BCUT2D eigenvalue weighted by molar-refractivity contribution is 6.99. The van der Waals surface area contributed by atoms with Gasteiger partial charge in [-0.25, -0.2) is 4.79 Å². The van der Waals surface area contributed by atoms with E-state index in [2.05, 4.69) is 93.2 Å². The Hall–Kier alpha value is -3.58. The standard InChI is InChI=1S/C40H51N3O8Si/c1-26-22-23-27(2)35(51-52(40(3,4)5,29-18-12-8-13-19-29)30-20-14-9-15-21-30)34(26)49-39-33(42-43-41)37(46-25-32(44)45-6)36-31(48-39)24-47-38(50-36)28-16-10-7-11-17-28/h7-21,26-27,31,33-39H,22-25H2,1-6H3/t26-,27-,31?,33?,34?,35+,36+,37+,38?,39?/m0/s1. The van der Waals surface area contributed by atoms with Gasteiger partial charge in [0, 0.05) is 10.5 Å². The van der Waals surface area contributed by atoms with Gasteiger partial charge in [-0.15, -0.1) is 0 Å². The minimum Gasteiger partial charge on any atom is -0.467 e. The Balaban J connectivity index is 1.36. The van der Waals surface area contributed by atoms with Crippen LogP contribution in [-0.2, 0) is 37.6 Å². The highest BCUT2D eigenvalue weighted by Crippen LogP contribution is 2.44. The molecule has 0 amide bonds. The number of esters is 1. The first-order chi connectivity index (χ1) is 25.1. The molecule has 11 nitrogen and oxygen atoms in total. The van der Waals surface area contributed by atoms with E-state index in [9.17, 15) is 10.3 Å². The van der Waals surface area contributed by atoms with Gasteiger partial charge in [-0.05, 0) is 45.6 Å². The topological polar surface area (TPSA) is 130 Å². The molecule has 12 heteroatoms. The molecule has 6 rings (SSSR count). The molecule has 1 saturated carbocycles. The van der Waals surface area contributed by atoms with Crippen LogP contribution in [0.2, 0.25) is 5.04 Å². The first kappa shape index (κ1) is 38.2. The molecular weight excluding hydrogens is 679 g/mol. The molecule has 52 heavy (non-hydrogen) atoms. The van der Waals surface area contributed by atoms with Crippen molar-refractivity contribution in [1.82, 2.24) is 0 Å². The number of azide groups is 1. The van der Waals surface area contributed by atoms with Gasteiger partial charge in [0.15, 0.2) is 12.6 Å². The number of hydrogen-bond donors (Lipinski definition) is 0. The zero-order valence-corrected chi connectivity index (χ0v) is 31.9. The van der Waals surface area contributed by atoms with Crippen molar-refractivity contribution >= 4 is 24.7 Å². The summed E-state index contributed by atoms with van der Waals surface area (Å²) in [5.41, 5.74) is 10.7. The van der Waals surface area contributed by atoms with Crippen LogP contribution in [0.4, 0.5) is 0 Å². The van der Waals surface area contributed by atoms with Gasteiger partial charge in [-0.2, -0.15) is 0 Å². The molecule has 2 saturated heterocycles. The van der Waals surface area contributed by atoms with Gasteiger partial charge in [0.05, 0.1) is 25.9 Å². The fraction of sp³-hybridized carbons (Fsp3) is 0.525. The number of methoxy groups -OCH3 is 1. The Bertz CT molecular complexity index is 1620. The second-order valence-corrected chi connectivity index (χ2v) is 19.4. The van der Waals surface area contributed by atoms with E-state index in [1.165, 1.54) is 17.5 Å². The molecule has 0 aromatic heterocycles. The summed E-state index contributed by atoms with van der Waals surface area (Å²) in [4.78, 5) is 15.5. The monoisotopic (exact) mass is 729 g/mol. The molecule has 0 N–H and O–H groups in total. The lowest BCUT2D eigenvalue weighted by Gasteiger charge is -2.52. The average molecular weight is 730 g/mol. The van der Waals surface area contributed by atoms with E-state index in [4.69, 9.17) is 32.8 Å². The van der Waals surface area contributed by atoms with Gasteiger partial charge in [0.25, 0.3) is 8.32 Å². The highest BCUT2D eigenvalue weighted by atomic mass is 28.4. The summed E-state index contributed by atoms with van der Waals surface area (Å²) in [7, 11) is -1.68. The summed E-state index contributed by atoms with van der Waals surface area (Å²) in [5, 5.41) is 6.30. The lowest BCUT2D eigenvalue weighted by atomic mass is 9.79. The maximum Gasteiger partial charge on any atom is 0.331 e. The molecule has 2 heterocycles. The van der Waals surface area contributed by atoms with Crippen molar-refractivity contribution in [2.24, 2.45) is 17.0 Å². The molecule has 3 aromatic carbocycles. The third-order valence-electron chi connectivity index (χ3n) is 10.7. The number of rotatable bonds is 11. The van der Waals surface area contributed by atoms with Crippen molar-refractivity contribution in [2.45, 2.75) is 102 Å². The zero-order chi connectivity index (χ0) is 36.9. The Morgan fingerprint density at radius 1 is 0.865 bits per heavy atom. The fourth-order valence-corrected chi connectivity index (χ4v) is 12.8. The zero-order valence-electron chi connectivity index (χ0n) is 30.9. The predicted molar refractivity (Wildman–Crippen MR) is 198 cm³/mol. The summed E-state index contributed by atoms with van der Waals surface area (Å²) in [6.45, 7) is 11.0. The smallest absolute Gasteiger partial charge is 0.331 e. The van der Waals surface area contributed by atoms with E-state index in [0.717, 1.165) is 18.4 Å². The predicted octanol–water partition coefficient (Wildman–Crippen LogP) is 6.46. The molecule has 0 bridgehead atoms. The van der Waals surface area contributed by atoms with Crippen LogP contribution >= 0.6 is 0 Å². The molecule has 3 aromatic rings. The third kappa shape index (κ3) is 7.85. The van der Waals surface area contributed by atoms with Gasteiger partial charge in [-0.1, -0.05) is 131 Å². The number of benzene rings is 3. The minimum atomic E-state index is -2.98. The number of carbonyl (C=O) groups excluding carboxylic acids is 1. The van der Waals surface area contributed by atoms with Crippen LogP contribution in [0.25, 0.3) is 10.4 Å². The van der Waals surface area contributed by atoms with Gasteiger partial charge < -0.3 is 32.8 Å². The molecule has 3 aliphatic rings. The van der Waals surface area contributed by atoms with E-state index >= 15 is 0 Å². The fourth-order valence-electron chi connectivity index (χ4n) is 8.00. The molecule has 10 atom stereocenters. The van der Waals surface area contributed by atoms with Gasteiger partial charge in [-0.3, -0.25) is 0 Å². The van der Waals surface area contributed by atoms with Crippen molar-refractivity contribution in [3.8, 4) is 0 Å². The highest BCUT2D eigenvalue weighted by Gasteiger charge is 2.56. The molecule has 278 valence electrons.